The third-order valence-corrected chi connectivity index (χ3v) is 3.22. The van der Waals surface area contributed by atoms with E-state index in [2.05, 4.69) is 32.2 Å². The van der Waals surface area contributed by atoms with Crippen LogP contribution in [0.1, 0.15) is 6.99 Å². The number of anilines is 2. The number of hydrogen-bond acceptors (Lipinski definition) is 9. The van der Waals surface area contributed by atoms with Gasteiger partial charge in [-0.1, -0.05) is 57.9 Å². The smallest absolute Gasteiger partial charge is 1.00 e. The molecule has 9 nitrogen and oxygen atoms in total. The summed E-state index contributed by atoms with van der Waals surface area (Å²) in [6.07, 6.45) is 0.250. The molecule has 162 valence electrons. The Hall–Kier alpha value is 0.903. The second-order valence-corrected chi connectivity index (χ2v) is 4.92. The molecule has 0 fully saturated rings. The summed E-state index contributed by atoms with van der Waals surface area (Å²) in [5.41, 5.74) is 13.0. The quantitative estimate of drug-likeness (QED) is 0.0668. The number of benzene rings is 2. The Bertz CT molecular complexity index is 735. The van der Waals surface area contributed by atoms with Crippen LogP contribution in [0.3, 0.4) is 0 Å². The van der Waals surface area contributed by atoms with E-state index in [4.69, 9.17) is 54.3 Å². The van der Waals surface area contributed by atoms with Crippen LogP contribution in [0, 0.1) is 6.92 Å². The van der Waals surface area contributed by atoms with E-state index in [1.807, 2.05) is 30.1 Å². The van der Waals surface area contributed by atoms with Crippen molar-refractivity contribution in [1.29, 1.82) is 0 Å². The van der Waals surface area contributed by atoms with E-state index in [1.54, 1.807) is 18.2 Å². The van der Waals surface area contributed by atoms with Gasteiger partial charge in [0.25, 0.3) is 12.9 Å². The average Bonchev–Trinajstić information content (AvgIpc) is 2.72. The van der Waals surface area contributed by atoms with E-state index in [1.165, 1.54) is 0 Å². The van der Waals surface area contributed by atoms with Crippen LogP contribution in [0.4, 0.5) is 11.4 Å². The van der Waals surface area contributed by atoms with E-state index in [0.29, 0.717) is 10.7 Å². The summed E-state index contributed by atoms with van der Waals surface area (Å²) in [5, 5.41) is 9.49. The zero-order valence-corrected chi connectivity index (χ0v) is 27.2. The average molecular weight is 639 g/mol. The maximum atomic E-state index is 9.94. The van der Waals surface area contributed by atoms with Crippen molar-refractivity contribution in [2.45, 2.75) is 6.92 Å². The van der Waals surface area contributed by atoms with E-state index < -0.39 is 0 Å². The molecule has 14 heteroatoms. The fourth-order valence-electron chi connectivity index (χ4n) is 1.32. The van der Waals surface area contributed by atoms with Crippen molar-refractivity contribution in [2.24, 2.45) is 0 Å². The molecule has 0 atom stereocenters. The molecule has 0 unspecified atom stereocenters. The molecule has 2 rings (SSSR count). The van der Waals surface area contributed by atoms with Crippen LogP contribution < -0.4 is 124 Å². The first-order chi connectivity index (χ1) is 13.8. The van der Waals surface area contributed by atoms with Crippen molar-refractivity contribution in [3.05, 3.63) is 52.0 Å². The number of carbonyl (C=O) groups is 2. The normalized spacial score (nSPS) is 7.16. The number of para-hydroxylation sites is 1. The van der Waals surface area contributed by atoms with E-state index in [0.717, 1.165) is 16.3 Å². The molecule has 31 heavy (non-hydrogen) atoms. The van der Waals surface area contributed by atoms with Crippen LogP contribution in [0.15, 0.2) is 36.4 Å². The third-order valence-electron chi connectivity index (χ3n) is 2.51. The summed E-state index contributed by atoms with van der Waals surface area (Å²) in [4.78, 5) is 39.4. The Kier molecular flexibility index (Phi) is 42.0. The van der Waals surface area contributed by atoms with Crippen LogP contribution >= 0.6 is 45.8 Å². The number of nitrogens with two attached hydrogens (primary N) is 2. The Morgan fingerprint density at radius 1 is 0.968 bits per heavy atom. The van der Waals surface area contributed by atoms with Gasteiger partial charge in [-0.25, -0.2) is 0 Å². The van der Waals surface area contributed by atoms with Crippen molar-refractivity contribution in [2.75, 3.05) is 16.4 Å². The van der Waals surface area contributed by atoms with Gasteiger partial charge < -0.3 is 27.8 Å². The summed E-state index contributed by atoms with van der Waals surface area (Å²) in [5.74, 6) is 0.212. The van der Waals surface area contributed by atoms with Gasteiger partial charge in [0.2, 0.25) is 0 Å². The molecule has 0 aliphatic carbocycles. The number of carbonyl (C=O) groups excluding carboxylic acids is 4. The molecule has 0 amide bonds. The van der Waals surface area contributed by atoms with Crippen LogP contribution in [0.5, 0.6) is 5.75 Å². The summed E-state index contributed by atoms with van der Waals surface area (Å²) in [6.45, 7) is 2.01. The molecule has 2 aromatic carbocycles. The van der Waals surface area contributed by atoms with Gasteiger partial charge in [0, 0.05) is 10.7 Å². The fraction of sp³-hybridized carbons (Fsp3) is 0.118. The molecule has 4 N–H and O–H groups in total. The minimum Gasteiger partial charge on any atom is -1.00 e. The van der Waals surface area contributed by atoms with Crippen LogP contribution in [-0.4, -0.2) is 24.0 Å². The van der Waals surface area contributed by atoms with Gasteiger partial charge >= 0.3 is 109 Å². The Balaban J connectivity index is -0.0000000731. The molecule has 0 aromatic heterocycles. The minimum absolute atomic E-state index is 0. The molecule has 0 bridgehead atoms. The van der Waals surface area contributed by atoms with Gasteiger partial charge in [-0.15, -0.1) is 0 Å². The predicted molar refractivity (Wildman–Crippen MR) is 116 cm³/mol. The van der Waals surface area contributed by atoms with Crippen LogP contribution in [0.25, 0.3) is 0 Å². The van der Waals surface area contributed by atoms with E-state index in [9.17, 15) is 4.79 Å². The van der Waals surface area contributed by atoms with Crippen molar-refractivity contribution in [1.82, 2.24) is 0 Å². The van der Waals surface area contributed by atoms with E-state index in [-0.39, 0.29) is 129 Å². The summed E-state index contributed by atoms with van der Waals surface area (Å²) < 4.78 is 4.53. The standard InChI is InChI=1S/C7H6ClNO2.C7H8ClN.CH3I.CH2O3.CO2.2K.H/c8-5-2-1-3-6(9)7(5)11-4-10;1-5-6(8)3-2-4-7(5)9;1-2;2-1-4-3;2-1-3;;;/h1-4H,9H2;2-4H,9H2,1H3;1H3;1,3H;;;;/q;;;;;2*+1;-1/p-1. The van der Waals surface area contributed by atoms with Gasteiger partial charge in [-0.05, 0) is 41.7 Å². The minimum atomic E-state index is -0.181. The van der Waals surface area contributed by atoms with Crippen molar-refractivity contribution in [3.63, 3.8) is 0 Å². The predicted octanol–water partition coefficient (Wildman–Crippen LogP) is -3.29. The zero-order valence-electron chi connectivity index (χ0n) is 18.3. The van der Waals surface area contributed by atoms with Crippen LogP contribution in [0.2, 0.25) is 10.0 Å². The number of ether oxygens (including phenoxy) is 1. The first kappa shape index (κ1) is 42.1. The summed E-state index contributed by atoms with van der Waals surface area (Å²) >= 11 is 13.5. The van der Waals surface area contributed by atoms with Gasteiger partial charge in [-0.2, -0.15) is 9.59 Å². The van der Waals surface area contributed by atoms with Crippen LogP contribution in [-0.2, 0) is 24.1 Å². The number of alkyl halides is 1. The van der Waals surface area contributed by atoms with Gasteiger partial charge in [0.15, 0.2) is 5.75 Å². The number of hydrogen-bond donors (Lipinski definition) is 2. The molecular formula is C17H19Cl2IK2N2O7. The van der Waals surface area contributed by atoms with Gasteiger partial charge in [0.05, 0.1) is 10.7 Å². The molecule has 0 radical (unpaired) electrons. The largest absolute Gasteiger partial charge is 1.00 e. The number of halogens is 3. The Labute approximate surface area is 290 Å². The Morgan fingerprint density at radius 2 is 1.35 bits per heavy atom. The molecule has 0 saturated heterocycles. The van der Waals surface area contributed by atoms with Gasteiger partial charge in [-0.3, -0.25) is 9.59 Å². The summed E-state index contributed by atoms with van der Waals surface area (Å²) in [7, 11) is 0. The molecule has 2 aromatic rings. The topological polar surface area (TPSA) is 162 Å². The second kappa shape index (κ2) is 30.9. The fourth-order valence-corrected chi connectivity index (χ4v) is 1.73. The zero-order chi connectivity index (χ0) is 23.2. The van der Waals surface area contributed by atoms with Crippen molar-refractivity contribution < 1.29 is 138 Å². The molecule has 0 aliphatic rings. The number of rotatable bonds is 3. The Morgan fingerprint density at radius 3 is 1.65 bits per heavy atom. The van der Waals surface area contributed by atoms with Crippen molar-refractivity contribution in [3.8, 4) is 5.75 Å². The maximum absolute atomic E-state index is 9.94. The molecule has 0 saturated carbocycles. The molecule has 0 heterocycles. The third kappa shape index (κ3) is 23.8. The maximum Gasteiger partial charge on any atom is 1.00 e. The SMILES string of the molecule is CI.Cc1c(N)cccc1Cl.Nc1cccc(Cl)c1OC=O.O=C=O.O=CO[O-].[H-].[K+].[K+]. The second-order valence-electron chi connectivity index (χ2n) is 4.10. The molecule has 0 spiro atoms. The van der Waals surface area contributed by atoms with E-state index >= 15 is 0 Å². The monoisotopic (exact) mass is 638 g/mol. The first-order valence-corrected chi connectivity index (χ1v) is 9.96. The molecule has 0 aliphatic heterocycles. The summed E-state index contributed by atoms with van der Waals surface area (Å²) in [6, 6.07) is 10.4. The first-order valence-electron chi connectivity index (χ1n) is 7.04. The molecular weight excluding hydrogens is 620 g/mol. The van der Waals surface area contributed by atoms with Gasteiger partial charge in [0.1, 0.15) is 0 Å². The van der Waals surface area contributed by atoms with Crippen molar-refractivity contribution >= 4 is 76.3 Å². The number of nitrogen functional groups attached to an aromatic ring is 2.